The molecule has 13 nitrogen and oxygen atoms in total. The molecule has 1 atom stereocenters. The van der Waals surface area contributed by atoms with Crippen molar-refractivity contribution in [1.29, 1.82) is 0 Å². The highest BCUT2D eigenvalue weighted by Crippen LogP contribution is 2.38. The number of imide groups is 1. The van der Waals surface area contributed by atoms with Gasteiger partial charge in [0.05, 0.1) is 28.2 Å². The number of fused-ring (bicyclic) bond motifs is 2. The Morgan fingerprint density at radius 2 is 1.69 bits per heavy atom. The van der Waals surface area contributed by atoms with Crippen molar-refractivity contribution in [1.82, 2.24) is 34.1 Å². The Hall–Kier alpha value is -5.35. The topological polar surface area (TPSA) is 156 Å². The molecule has 306 valence electrons. The minimum Gasteiger partial charge on any atom is -0.386 e. The molecule has 3 N–H and O–H groups in total. The lowest BCUT2D eigenvalue weighted by Crippen LogP contribution is -2.44. The van der Waals surface area contributed by atoms with Crippen molar-refractivity contribution in [2.45, 2.75) is 95.0 Å². The van der Waals surface area contributed by atoms with Crippen LogP contribution in [-0.2, 0) is 28.4 Å². The van der Waals surface area contributed by atoms with E-state index in [1.807, 2.05) is 23.0 Å². The van der Waals surface area contributed by atoms with Gasteiger partial charge in [-0.05, 0) is 120 Å². The Bertz CT molecular complexity index is 2460. The van der Waals surface area contributed by atoms with Gasteiger partial charge in [0.2, 0.25) is 11.8 Å². The number of alkyl halides is 3. The number of hydrogen-bond acceptors (Lipinski definition) is 8. The molecule has 16 heteroatoms. The van der Waals surface area contributed by atoms with E-state index in [1.165, 1.54) is 6.07 Å². The van der Waals surface area contributed by atoms with Gasteiger partial charge in [-0.1, -0.05) is 18.2 Å². The molecule has 2 aromatic carbocycles. The smallest absolute Gasteiger partial charge is 0.386 e. The Labute approximate surface area is 332 Å². The summed E-state index contributed by atoms with van der Waals surface area (Å²) in [6, 6.07) is 12.0. The fourth-order valence-corrected chi connectivity index (χ4v) is 9.20. The summed E-state index contributed by atoms with van der Waals surface area (Å²) in [6.45, 7) is 6.04. The zero-order valence-corrected chi connectivity index (χ0v) is 32.7. The predicted octanol–water partition coefficient (Wildman–Crippen LogP) is 6.17. The second-order valence-corrected chi connectivity index (χ2v) is 16.6. The summed E-state index contributed by atoms with van der Waals surface area (Å²) in [6.07, 6.45) is 3.60. The molecule has 3 fully saturated rings. The lowest BCUT2D eigenvalue weighted by molar-refractivity contribution is -0.141. The Balaban J connectivity index is 0.897. The van der Waals surface area contributed by atoms with E-state index >= 15 is 0 Å². The summed E-state index contributed by atoms with van der Waals surface area (Å²) in [5.41, 5.74) is 0.781. The largest absolute Gasteiger partial charge is 0.433 e. The number of hydrogen-bond donors (Lipinski definition) is 3. The third kappa shape index (κ3) is 7.66. The molecule has 3 amide bonds. The fraction of sp³-hybridized carbons (Fsp3) is 0.476. The number of nitrogens with zero attached hydrogens (tertiary/aromatic N) is 6. The van der Waals surface area contributed by atoms with Crippen LogP contribution in [0, 0.1) is 5.92 Å². The number of piperidine rings is 2. The third-order valence-electron chi connectivity index (χ3n) is 12.2. The van der Waals surface area contributed by atoms with Gasteiger partial charge in [-0.25, -0.2) is 9.78 Å². The van der Waals surface area contributed by atoms with Crippen LogP contribution in [0.1, 0.15) is 111 Å². The summed E-state index contributed by atoms with van der Waals surface area (Å²) in [4.78, 5) is 57.1. The van der Waals surface area contributed by atoms with Crippen molar-refractivity contribution in [2.24, 2.45) is 13.0 Å². The molecular weight excluding hydrogens is 754 g/mol. The molecule has 1 aliphatic carbocycles. The summed E-state index contributed by atoms with van der Waals surface area (Å²) < 4.78 is 44.9. The molecule has 8 rings (SSSR count). The van der Waals surface area contributed by atoms with Gasteiger partial charge in [-0.2, -0.15) is 18.3 Å². The highest BCUT2D eigenvalue weighted by atomic mass is 19.4. The molecule has 58 heavy (non-hydrogen) atoms. The van der Waals surface area contributed by atoms with Crippen LogP contribution in [0.5, 0.6) is 0 Å². The van der Waals surface area contributed by atoms with E-state index in [-0.39, 0.29) is 35.7 Å². The minimum atomic E-state index is -4.70. The van der Waals surface area contributed by atoms with E-state index < -0.39 is 41.0 Å². The van der Waals surface area contributed by atoms with Gasteiger partial charge in [-0.15, -0.1) is 0 Å². The molecule has 3 aliphatic rings. The number of benzene rings is 2. The SMILES string of the molecule is Cn1c(=O)n(C2CCC(=O)NC2=O)c2cccc(C3CCN(CC4CCC(n5cc6cc(NC(=O)c7cccc(C(F)(F)F)n7)c(C(C)(C)O)cc6n5)CC4)CC3)c21. The average Bonchev–Trinajstić information content (AvgIpc) is 3.72. The molecule has 5 heterocycles. The average molecular weight is 801 g/mol. The summed E-state index contributed by atoms with van der Waals surface area (Å²) in [5, 5.41) is 21.6. The number of pyridine rings is 1. The maximum Gasteiger partial charge on any atom is 0.433 e. The number of likely N-dealkylation sites (tertiary alicyclic amines) is 1. The lowest BCUT2D eigenvalue weighted by Gasteiger charge is -2.37. The van der Waals surface area contributed by atoms with Crippen LogP contribution in [0.25, 0.3) is 21.9 Å². The monoisotopic (exact) mass is 800 g/mol. The van der Waals surface area contributed by atoms with Gasteiger partial charge in [0, 0.05) is 42.8 Å². The third-order valence-corrected chi connectivity index (χ3v) is 12.2. The Morgan fingerprint density at radius 1 is 0.966 bits per heavy atom. The maximum atomic E-state index is 13.5. The first-order chi connectivity index (χ1) is 27.5. The molecule has 3 aromatic heterocycles. The van der Waals surface area contributed by atoms with E-state index in [0.29, 0.717) is 23.4 Å². The van der Waals surface area contributed by atoms with E-state index in [9.17, 15) is 37.5 Å². The number of imidazole rings is 1. The van der Waals surface area contributed by atoms with E-state index in [0.717, 1.165) is 92.3 Å². The number of halogens is 3. The van der Waals surface area contributed by atoms with Gasteiger partial charge < -0.3 is 15.3 Å². The highest BCUT2D eigenvalue weighted by molar-refractivity contribution is 6.04. The molecule has 1 saturated carbocycles. The Morgan fingerprint density at radius 3 is 2.38 bits per heavy atom. The van der Waals surface area contributed by atoms with Gasteiger partial charge >= 0.3 is 11.9 Å². The van der Waals surface area contributed by atoms with Crippen LogP contribution in [0.15, 0.2) is 59.5 Å². The van der Waals surface area contributed by atoms with Gasteiger partial charge in [0.25, 0.3) is 5.91 Å². The van der Waals surface area contributed by atoms with Crippen LogP contribution in [0.4, 0.5) is 18.9 Å². The number of aliphatic hydroxyl groups is 1. The molecule has 1 unspecified atom stereocenters. The van der Waals surface area contributed by atoms with Gasteiger partial charge in [0.15, 0.2) is 0 Å². The maximum absolute atomic E-state index is 13.5. The molecule has 2 aliphatic heterocycles. The number of para-hydroxylation sites is 1. The van der Waals surface area contributed by atoms with Gasteiger partial charge in [0.1, 0.15) is 17.4 Å². The van der Waals surface area contributed by atoms with E-state index in [2.05, 4.69) is 26.6 Å². The van der Waals surface area contributed by atoms with Crippen molar-refractivity contribution in [3.8, 4) is 0 Å². The first-order valence-electron chi connectivity index (χ1n) is 19.9. The molecule has 2 saturated heterocycles. The van der Waals surface area contributed by atoms with Crippen molar-refractivity contribution < 1.29 is 32.7 Å². The van der Waals surface area contributed by atoms with Crippen LogP contribution in [-0.4, -0.2) is 71.3 Å². The number of rotatable bonds is 8. The minimum absolute atomic E-state index is 0.173. The summed E-state index contributed by atoms with van der Waals surface area (Å²) >= 11 is 0. The van der Waals surface area contributed by atoms with Gasteiger partial charge in [-0.3, -0.25) is 33.5 Å². The summed E-state index contributed by atoms with van der Waals surface area (Å²) in [7, 11) is 1.75. The number of nitrogens with one attached hydrogen (secondary N) is 2. The highest BCUT2D eigenvalue weighted by Gasteiger charge is 2.35. The Kier molecular flexibility index (Phi) is 10.3. The number of aryl methyl sites for hydroxylation is 1. The predicted molar refractivity (Wildman–Crippen MR) is 210 cm³/mol. The lowest BCUT2D eigenvalue weighted by atomic mass is 9.84. The second kappa shape index (κ2) is 15.1. The number of carbonyl (C=O) groups is 3. The van der Waals surface area contributed by atoms with Crippen molar-refractivity contribution in [3.63, 3.8) is 0 Å². The van der Waals surface area contributed by atoms with Crippen molar-refractivity contribution >= 4 is 45.3 Å². The zero-order chi connectivity index (χ0) is 41.1. The van der Waals surface area contributed by atoms with Crippen LogP contribution < -0.4 is 16.3 Å². The normalized spacial score (nSPS) is 21.5. The summed E-state index contributed by atoms with van der Waals surface area (Å²) in [5.74, 6) is -0.759. The van der Waals surface area contributed by atoms with Crippen molar-refractivity contribution in [2.75, 3.05) is 25.0 Å². The second-order valence-electron chi connectivity index (χ2n) is 16.6. The van der Waals surface area contributed by atoms with E-state index in [1.54, 1.807) is 42.2 Å². The van der Waals surface area contributed by atoms with Crippen LogP contribution >= 0.6 is 0 Å². The number of anilines is 1. The number of amides is 3. The quantitative estimate of drug-likeness (QED) is 0.157. The zero-order valence-electron chi connectivity index (χ0n) is 32.7. The first-order valence-corrected chi connectivity index (χ1v) is 19.9. The van der Waals surface area contributed by atoms with Crippen LogP contribution in [0.2, 0.25) is 0 Å². The number of carbonyl (C=O) groups excluding carboxylic acids is 3. The molecule has 5 aromatic rings. The van der Waals surface area contributed by atoms with E-state index in [4.69, 9.17) is 5.10 Å². The molecule has 0 bridgehead atoms. The van der Waals surface area contributed by atoms with Crippen LogP contribution in [0.3, 0.4) is 0 Å². The molecular formula is C42H47F3N8O5. The number of aromatic nitrogens is 5. The molecule has 0 spiro atoms. The first kappa shape index (κ1) is 39.5. The molecule has 0 radical (unpaired) electrons. The van der Waals surface area contributed by atoms with Crippen molar-refractivity contribution in [3.05, 3.63) is 87.7 Å². The standard InChI is InChI=1S/C42H47F3N8O5/c1-41(2,58)29-21-31-26(20-32(29)47-38(55)30-7-5-9-35(46-30)42(43,44)45)23-52(49-31)27-12-10-24(11-13-27)22-51-18-16-25(17-19-51)28-6-4-8-33-37(28)50(3)40(57)53(33)34-14-15-36(54)48-39(34)56/h4-9,20-21,23-25,27,34,58H,10-19,22H2,1-3H3,(H,47,55)(H,48,54,56). The fourth-order valence-electron chi connectivity index (χ4n) is 9.20.